The molecule has 2 saturated heterocycles. The third-order valence-electron chi connectivity index (χ3n) is 7.28. The molecule has 0 radical (unpaired) electrons. The van der Waals surface area contributed by atoms with E-state index < -0.39 is 36.1 Å². The van der Waals surface area contributed by atoms with Crippen LogP contribution < -0.4 is 5.46 Å². The normalized spacial score (nSPS) is 23.2. The molecule has 0 saturated carbocycles. The van der Waals surface area contributed by atoms with Crippen molar-refractivity contribution in [1.82, 2.24) is 4.90 Å². The Morgan fingerprint density at radius 3 is 1.97 bits per heavy atom. The Morgan fingerprint density at radius 1 is 1.03 bits per heavy atom. The van der Waals surface area contributed by atoms with E-state index >= 15 is 0 Å². The summed E-state index contributed by atoms with van der Waals surface area (Å²) in [5.41, 5.74) is -0.0936. The van der Waals surface area contributed by atoms with E-state index in [0.717, 1.165) is 11.0 Å². The number of benzene rings is 2. The van der Waals surface area contributed by atoms with Crippen LogP contribution in [0.15, 0.2) is 60.7 Å². The van der Waals surface area contributed by atoms with Gasteiger partial charge in [-0.3, -0.25) is 0 Å². The Balaban J connectivity index is 0.000000526. The maximum atomic E-state index is 12.5. The van der Waals surface area contributed by atoms with Gasteiger partial charge in [0.1, 0.15) is 6.10 Å². The molecule has 2 N–H and O–H groups in total. The minimum atomic E-state index is -1.25. The van der Waals surface area contributed by atoms with Crippen LogP contribution in [-0.2, 0) is 14.0 Å². The summed E-state index contributed by atoms with van der Waals surface area (Å²) in [4.78, 5) is 14.2. The van der Waals surface area contributed by atoms with E-state index in [4.69, 9.17) is 14.0 Å². The van der Waals surface area contributed by atoms with Gasteiger partial charge in [-0.15, -0.1) is 0 Å². The number of amides is 1. The average molecular weight is 497 g/mol. The Kier molecular flexibility index (Phi) is 8.88. The number of aliphatic hydroxyl groups excluding tert-OH is 1. The quantitative estimate of drug-likeness (QED) is 0.585. The van der Waals surface area contributed by atoms with Crippen molar-refractivity contribution in [2.75, 3.05) is 13.2 Å². The van der Waals surface area contributed by atoms with Crippen molar-refractivity contribution in [2.24, 2.45) is 0 Å². The van der Waals surface area contributed by atoms with Gasteiger partial charge in [0.2, 0.25) is 0 Å². The van der Waals surface area contributed by atoms with E-state index in [1.54, 1.807) is 4.90 Å². The summed E-state index contributed by atoms with van der Waals surface area (Å²) in [6.07, 6.45) is 0.0368. The number of rotatable bonds is 6. The number of nitrogens with zero attached hydrogens (tertiary/aromatic N) is 1. The van der Waals surface area contributed by atoms with Gasteiger partial charge in [0.25, 0.3) is 0 Å². The van der Waals surface area contributed by atoms with Gasteiger partial charge >= 0.3 is 13.2 Å². The second-order valence-electron chi connectivity index (χ2n) is 10.9. The van der Waals surface area contributed by atoms with Crippen LogP contribution in [-0.4, -0.2) is 64.4 Å². The molecule has 2 aromatic carbocycles. The minimum Gasteiger partial charge on any atom is -0.446 e. The number of cyclic esters (lactones) is 1. The van der Waals surface area contributed by atoms with Crippen LogP contribution in [0.25, 0.3) is 0 Å². The predicted octanol–water partition coefficient (Wildman–Crippen LogP) is 4.08. The van der Waals surface area contributed by atoms with Crippen LogP contribution in [0.5, 0.6) is 0 Å². The van der Waals surface area contributed by atoms with Crippen LogP contribution in [0.1, 0.15) is 66.0 Å². The van der Waals surface area contributed by atoms with Crippen LogP contribution in [0, 0.1) is 0 Å². The molecule has 36 heavy (non-hydrogen) atoms. The molecule has 7 nitrogen and oxygen atoms in total. The van der Waals surface area contributed by atoms with Crippen molar-refractivity contribution in [3.63, 3.8) is 0 Å². The van der Waals surface area contributed by atoms with Crippen molar-refractivity contribution < 1.29 is 29.1 Å². The standard InChI is InChI=1S/C22H34BNO6.C6H6/c1-15(24-12-11-18(28-19(24)26)13-22(6,27)14-25)16-7-9-17(10-8-16)23-29-20(2,3)21(4,5)30-23;1-2-4-6-5-3-1/h7-10,15,18,25,27H,11-14H2,1-6H3;1-6H. The third kappa shape index (κ3) is 6.88. The Morgan fingerprint density at radius 2 is 1.53 bits per heavy atom. The molecule has 2 aliphatic heterocycles. The molecule has 0 spiro atoms. The smallest absolute Gasteiger partial charge is 0.446 e. The first-order chi connectivity index (χ1) is 16.9. The minimum absolute atomic E-state index is 0.149. The highest BCUT2D eigenvalue weighted by molar-refractivity contribution is 6.62. The molecule has 0 bridgehead atoms. The molecular formula is C28H40BNO6. The lowest BCUT2D eigenvalue weighted by Gasteiger charge is -2.37. The lowest BCUT2D eigenvalue weighted by molar-refractivity contribution is -0.0597. The number of aliphatic hydroxyl groups is 2. The summed E-state index contributed by atoms with van der Waals surface area (Å²) >= 11 is 0. The number of carbonyl (C=O) groups excluding carboxylic acids is 1. The van der Waals surface area contributed by atoms with Crippen molar-refractivity contribution in [1.29, 1.82) is 0 Å². The van der Waals surface area contributed by atoms with Gasteiger partial charge in [0.05, 0.1) is 29.5 Å². The Bertz CT molecular complexity index is 937. The Labute approximate surface area is 215 Å². The van der Waals surface area contributed by atoms with Gasteiger partial charge in [0, 0.05) is 19.4 Å². The first-order valence-corrected chi connectivity index (χ1v) is 12.6. The fourth-order valence-corrected chi connectivity index (χ4v) is 4.17. The first kappa shape index (κ1) is 28.2. The molecular weight excluding hydrogens is 457 g/mol. The molecule has 3 unspecified atom stereocenters. The maximum Gasteiger partial charge on any atom is 0.494 e. The SMILES string of the molecule is CC(c1ccc(B2OC(C)(C)C(C)(C)O2)cc1)N1CCC(CC(C)(O)CO)OC1=O.c1ccccc1. The van der Waals surface area contributed by atoms with Crippen LogP contribution in [0.3, 0.4) is 0 Å². The van der Waals surface area contributed by atoms with E-state index in [1.807, 2.05) is 95.3 Å². The molecule has 2 fully saturated rings. The number of carbonyl (C=O) groups is 1. The monoisotopic (exact) mass is 497 g/mol. The van der Waals surface area contributed by atoms with E-state index in [2.05, 4.69) is 0 Å². The Hall–Kier alpha value is -2.39. The van der Waals surface area contributed by atoms with Crippen LogP contribution in [0.4, 0.5) is 4.79 Å². The van der Waals surface area contributed by atoms with E-state index in [9.17, 15) is 15.0 Å². The third-order valence-corrected chi connectivity index (χ3v) is 7.28. The number of hydrogen-bond donors (Lipinski definition) is 2. The zero-order chi connectivity index (χ0) is 26.6. The van der Waals surface area contributed by atoms with Crippen molar-refractivity contribution in [3.8, 4) is 0 Å². The highest BCUT2D eigenvalue weighted by Gasteiger charge is 2.51. The van der Waals surface area contributed by atoms with Gasteiger partial charge in [-0.1, -0.05) is 60.7 Å². The molecule has 2 aromatic rings. The van der Waals surface area contributed by atoms with Crippen LogP contribution in [0.2, 0.25) is 0 Å². The summed E-state index contributed by atoms with van der Waals surface area (Å²) in [5.74, 6) is 0. The summed E-state index contributed by atoms with van der Waals surface area (Å²) in [5, 5.41) is 19.2. The first-order valence-electron chi connectivity index (χ1n) is 12.6. The van der Waals surface area contributed by atoms with Gasteiger partial charge in [-0.25, -0.2) is 4.79 Å². The molecule has 1 amide bonds. The lowest BCUT2D eigenvalue weighted by Crippen LogP contribution is -2.46. The number of ether oxygens (including phenoxy) is 1. The van der Waals surface area contributed by atoms with Gasteiger partial charge < -0.3 is 29.2 Å². The fraction of sp³-hybridized carbons (Fsp3) is 0.536. The number of hydrogen-bond acceptors (Lipinski definition) is 6. The molecule has 4 rings (SSSR count). The summed E-state index contributed by atoms with van der Waals surface area (Å²) < 4.78 is 17.7. The molecule has 3 atom stereocenters. The van der Waals surface area contributed by atoms with E-state index in [-0.39, 0.29) is 19.1 Å². The van der Waals surface area contributed by atoms with Crippen molar-refractivity contribution in [2.45, 2.75) is 83.3 Å². The van der Waals surface area contributed by atoms with Crippen LogP contribution >= 0.6 is 0 Å². The van der Waals surface area contributed by atoms with Gasteiger partial charge in [0.15, 0.2) is 0 Å². The van der Waals surface area contributed by atoms with Gasteiger partial charge in [-0.05, 0) is 52.6 Å². The molecule has 8 heteroatoms. The highest BCUT2D eigenvalue weighted by atomic mass is 16.7. The summed E-state index contributed by atoms with van der Waals surface area (Å²) in [7, 11) is -0.417. The van der Waals surface area contributed by atoms with Crippen molar-refractivity contribution >= 4 is 18.7 Å². The largest absolute Gasteiger partial charge is 0.494 e. The summed E-state index contributed by atoms with van der Waals surface area (Å²) in [6, 6.07) is 19.8. The highest BCUT2D eigenvalue weighted by Crippen LogP contribution is 2.36. The molecule has 196 valence electrons. The molecule has 2 heterocycles. The molecule has 0 aromatic heterocycles. The molecule has 2 aliphatic rings. The maximum absolute atomic E-state index is 12.5. The molecule has 0 aliphatic carbocycles. The van der Waals surface area contributed by atoms with E-state index in [1.165, 1.54) is 6.92 Å². The van der Waals surface area contributed by atoms with Gasteiger partial charge in [-0.2, -0.15) is 0 Å². The zero-order valence-electron chi connectivity index (χ0n) is 22.3. The average Bonchev–Trinajstić information content (AvgIpc) is 3.07. The lowest BCUT2D eigenvalue weighted by atomic mass is 9.78. The van der Waals surface area contributed by atoms with Crippen molar-refractivity contribution in [3.05, 3.63) is 66.2 Å². The topological polar surface area (TPSA) is 88.5 Å². The predicted molar refractivity (Wildman–Crippen MR) is 141 cm³/mol. The zero-order valence-corrected chi connectivity index (χ0v) is 22.3. The summed E-state index contributed by atoms with van der Waals surface area (Å²) in [6.45, 7) is 11.8. The second-order valence-corrected chi connectivity index (χ2v) is 10.9. The van der Waals surface area contributed by atoms with E-state index in [0.29, 0.717) is 13.0 Å². The second kappa shape index (κ2) is 11.3. The fourth-order valence-electron chi connectivity index (χ4n) is 4.17.